The van der Waals surface area contributed by atoms with E-state index in [0.717, 1.165) is 0 Å². The van der Waals surface area contributed by atoms with Crippen LogP contribution >= 0.6 is 5.91 Å². The van der Waals surface area contributed by atoms with E-state index >= 15 is 0 Å². The van der Waals surface area contributed by atoms with Gasteiger partial charge >= 0.3 is 137 Å². The molecule has 0 bridgehead atoms. The summed E-state index contributed by atoms with van der Waals surface area (Å²) in [5, 5.41) is 0.919. The number of allylic oxidation sites excluding steroid dienone is 4. The van der Waals surface area contributed by atoms with Gasteiger partial charge in [-0.1, -0.05) is 0 Å². The number of hydrogen-bond acceptors (Lipinski definition) is 0. The second kappa shape index (κ2) is 8.06. The molecule has 22 heavy (non-hydrogen) atoms. The summed E-state index contributed by atoms with van der Waals surface area (Å²) in [6.45, 7) is 26.7. The molecule has 0 unspecified atom stereocenters. The Labute approximate surface area is 161 Å². The molecule has 1 aliphatic rings. The largest absolute Gasteiger partial charge is 1.00 e. The summed E-state index contributed by atoms with van der Waals surface area (Å²) in [4.78, 5) is 0. The zero-order chi connectivity index (χ0) is 16.1. The van der Waals surface area contributed by atoms with Crippen LogP contribution in [-0.2, 0) is 18.6 Å². The van der Waals surface area contributed by atoms with Crippen LogP contribution in [0.25, 0.3) is 0 Å². The van der Waals surface area contributed by atoms with E-state index in [9.17, 15) is 0 Å². The van der Waals surface area contributed by atoms with Gasteiger partial charge in [-0.2, -0.15) is 0 Å². The molecule has 0 aliphatic heterocycles. The summed E-state index contributed by atoms with van der Waals surface area (Å²) in [5.74, 6) is 0.0635. The summed E-state index contributed by atoms with van der Waals surface area (Å²) < 4.78 is 1.82. The van der Waals surface area contributed by atoms with Crippen molar-refractivity contribution in [1.29, 1.82) is 0 Å². The molecule has 0 atom stereocenters. The van der Waals surface area contributed by atoms with Crippen LogP contribution in [0.5, 0.6) is 0 Å². The standard InChI is InChI=1S/C10H15.C8H18P.2ClH.Ti/c1-7-6-10(4,5)9(3)8(7)2;1-7(2,3)9-8(4,5)6;;;/h1-5H3;1-6H3;2*1H;/q;-1;;;+3/p-2. The fourth-order valence-corrected chi connectivity index (χ4v) is 13.5. The molecule has 0 saturated heterocycles. The van der Waals surface area contributed by atoms with Crippen LogP contribution in [0.1, 0.15) is 76.2 Å². The molecule has 0 aromatic rings. The number of halogens is 2. The Hall–Kier alpha value is 1.20. The summed E-state index contributed by atoms with van der Waals surface area (Å²) >= 11 is -0.0684. The van der Waals surface area contributed by atoms with Gasteiger partial charge in [0, 0.05) is 0 Å². The van der Waals surface area contributed by atoms with E-state index < -0.39 is 0 Å². The van der Waals surface area contributed by atoms with Crippen LogP contribution < -0.4 is 24.8 Å². The van der Waals surface area contributed by atoms with Crippen LogP contribution in [0.3, 0.4) is 0 Å². The van der Waals surface area contributed by atoms with E-state index in [1.165, 1.54) is 0 Å². The first-order chi connectivity index (χ1) is 8.70. The maximum Gasteiger partial charge on any atom is -1.00 e. The zero-order valence-electron chi connectivity index (χ0n) is 16.2. The van der Waals surface area contributed by atoms with Gasteiger partial charge in [0.1, 0.15) is 0 Å². The van der Waals surface area contributed by atoms with Crippen LogP contribution in [0, 0.1) is 5.41 Å². The van der Waals surface area contributed by atoms with E-state index in [4.69, 9.17) is 0 Å². The van der Waals surface area contributed by atoms with Gasteiger partial charge in [-0.05, 0) is 0 Å². The summed E-state index contributed by atoms with van der Waals surface area (Å²) in [6.07, 6.45) is 0. The topological polar surface area (TPSA) is 0 Å². The second-order valence-corrected chi connectivity index (χ2v) is 16.2. The summed E-state index contributed by atoms with van der Waals surface area (Å²) in [7, 11) is 0. The fraction of sp³-hybridized carbons (Fsp3) is 0.778. The molecule has 1 rings (SSSR count). The van der Waals surface area contributed by atoms with Crippen molar-refractivity contribution in [3.05, 3.63) is 20.6 Å². The van der Waals surface area contributed by atoms with Gasteiger partial charge in [-0.25, -0.2) is 0 Å². The van der Waals surface area contributed by atoms with E-state index in [-0.39, 0.29) is 49.4 Å². The van der Waals surface area contributed by atoms with Crippen molar-refractivity contribution in [2.75, 3.05) is 0 Å². The third kappa shape index (κ3) is 5.10. The number of hydrogen-bond donors (Lipinski definition) is 0. The van der Waals surface area contributed by atoms with E-state index in [2.05, 4.69) is 76.2 Å². The minimum Gasteiger partial charge on any atom is -1.00 e. The number of rotatable bonds is 2. The van der Waals surface area contributed by atoms with Crippen LogP contribution in [0.2, 0.25) is 0 Å². The van der Waals surface area contributed by atoms with Gasteiger partial charge in [0.25, 0.3) is 0 Å². The van der Waals surface area contributed by atoms with Gasteiger partial charge in [-0.15, -0.1) is 0 Å². The molecule has 0 fully saturated rings. The molecule has 0 spiro atoms. The molecule has 0 saturated carbocycles. The molecule has 0 aromatic heterocycles. The SMILES string of the molecule is CC1=C(C)C(C)(C)[C]([Ti+2][P](C(C)(C)C)C(C)(C)C)=C1C.[Cl-].[Cl-]. The maximum atomic E-state index is 2.46. The van der Waals surface area contributed by atoms with Crippen LogP contribution in [-0.4, -0.2) is 10.3 Å². The van der Waals surface area contributed by atoms with Crippen molar-refractivity contribution in [3.63, 3.8) is 0 Å². The molecule has 0 nitrogen and oxygen atoms in total. The van der Waals surface area contributed by atoms with Crippen molar-refractivity contribution in [3.8, 4) is 0 Å². The smallest absolute Gasteiger partial charge is 1.00 e. The average Bonchev–Trinajstić information content (AvgIpc) is 2.35. The molecule has 1 aliphatic carbocycles. The Kier molecular flexibility index (Phi) is 9.32. The first kappa shape index (κ1) is 25.4. The van der Waals surface area contributed by atoms with Gasteiger partial charge < -0.3 is 24.8 Å². The quantitative estimate of drug-likeness (QED) is 0.475. The fourth-order valence-electron chi connectivity index (χ4n) is 3.27. The molecule has 0 heterocycles. The minimum atomic E-state index is -0.0684. The molecule has 4 heteroatoms. The third-order valence-corrected chi connectivity index (χ3v) is 17.7. The zero-order valence-corrected chi connectivity index (χ0v) is 20.2. The van der Waals surface area contributed by atoms with E-state index in [1.54, 1.807) is 16.7 Å². The van der Waals surface area contributed by atoms with Crippen molar-refractivity contribution in [2.45, 2.75) is 86.5 Å². The first-order valence-electron chi connectivity index (χ1n) is 7.67. The molecular weight excluding hydrogens is 366 g/mol. The van der Waals surface area contributed by atoms with E-state index in [1.807, 2.05) is 3.88 Å². The van der Waals surface area contributed by atoms with Crippen molar-refractivity contribution in [2.24, 2.45) is 5.41 Å². The maximum absolute atomic E-state index is 2.46. The van der Waals surface area contributed by atoms with Crippen LogP contribution in [0.15, 0.2) is 20.6 Å². The van der Waals surface area contributed by atoms with Gasteiger partial charge in [-0.3, -0.25) is 0 Å². The second-order valence-electron chi connectivity index (χ2n) is 8.66. The summed E-state index contributed by atoms with van der Waals surface area (Å²) in [6, 6.07) is 0. The normalized spacial score (nSPS) is 18.2. The molecule has 128 valence electrons. The van der Waals surface area contributed by atoms with Crippen molar-refractivity contribution >= 4 is 5.91 Å². The molecular formula is C18H33Cl2PTi. The minimum absolute atomic E-state index is 0. The predicted molar refractivity (Wildman–Crippen MR) is 91.3 cm³/mol. The molecule has 0 aromatic carbocycles. The van der Waals surface area contributed by atoms with Crippen molar-refractivity contribution < 1.29 is 43.5 Å². The van der Waals surface area contributed by atoms with Gasteiger partial charge in [0.05, 0.1) is 0 Å². The summed E-state index contributed by atoms with van der Waals surface area (Å²) in [5.41, 5.74) is 5.09. The van der Waals surface area contributed by atoms with Crippen molar-refractivity contribution in [1.82, 2.24) is 0 Å². The Morgan fingerprint density at radius 3 is 1.36 bits per heavy atom. The molecule has 0 amide bonds. The third-order valence-electron chi connectivity index (χ3n) is 4.63. The molecule has 0 N–H and O–H groups in total. The molecule has 0 radical (unpaired) electrons. The van der Waals surface area contributed by atoms with E-state index in [0.29, 0.717) is 15.7 Å². The van der Waals surface area contributed by atoms with Gasteiger partial charge in [0.2, 0.25) is 0 Å². The predicted octanol–water partition coefficient (Wildman–Crippen LogP) is 0.721. The average molecular weight is 399 g/mol. The monoisotopic (exact) mass is 398 g/mol. The van der Waals surface area contributed by atoms with Crippen LogP contribution in [0.4, 0.5) is 0 Å². The Balaban J connectivity index is 0. The Morgan fingerprint density at radius 2 is 1.14 bits per heavy atom. The Bertz CT molecular complexity index is 448. The first-order valence-corrected chi connectivity index (χ1v) is 11.9. The van der Waals surface area contributed by atoms with Gasteiger partial charge in [0.15, 0.2) is 0 Å². The Morgan fingerprint density at radius 1 is 0.773 bits per heavy atom.